The van der Waals surface area contributed by atoms with Gasteiger partial charge in [0.1, 0.15) is 0 Å². The molecule has 0 amide bonds. The molecule has 0 fully saturated rings. The summed E-state index contributed by atoms with van der Waals surface area (Å²) in [5.74, 6) is 0. The summed E-state index contributed by atoms with van der Waals surface area (Å²) in [5.41, 5.74) is 4.17. The molecule has 1 heterocycles. The molecule has 0 bridgehead atoms. The van der Waals surface area contributed by atoms with Gasteiger partial charge in [-0.3, -0.25) is 4.90 Å². The molecule has 0 saturated heterocycles. The zero-order valence-electron chi connectivity index (χ0n) is 13.9. The van der Waals surface area contributed by atoms with E-state index in [0.29, 0.717) is 6.54 Å². The molecular formula is C20H20N4. The minimum absolute atomic E-state index is 0.145. The highest BCUT2D eigenvalue weighted by molar-refractivity contribution is 5.63. The quantitative estimate of drug-likeness (QED) is 0.717. The lowest BCUT2D eigenvalue weighted by Gasteiger charge is -2.18. The van der Waals surface area contributed by atoms with Crippen molar-refractivity contribution in [2.45, 2.75) is 19.5 Å². The van der Waals surface area contributed by atoms with Crippen LogP contribution in [-0.4, -0.2) is 27.8 Å². The third kappa shape index (κ3) is 3.37. The highest BCUT2D eigenvalue weighted by atomic mass is 15.3. The Morgan fingerprint density at radius 1 is 1.08 bits per heavy atom. The van der Waals surface area contributed by atoms with Gasteiger partial charge < -0.3 is 0 Å². The van der Waals surface area contributed by atoms with Gasteiger partial charge in [-0.15, -0.1) is 0 Å². The number of rotatable bonds is 5. The van der Waals surface area contributed by atoms with Crippen LogP contribution in [0.5, 0.6) is 0 Å². The lowest BCUT2D eigenvalue weighted by molar-refractivity contribution is 0.295. The van der Waals surface area contributed by atoms with Crippen molar-refractivity contribution in [2.24, 2.45) is 0 Å². The van der Waals surface area contributed by atoms with E-state index in [1.54, 1.807) is 0 Å². The van der Waals surface area contributed by atoms with Crippen molar-refractivity contribution in [1.82, 2.24) is 14.7 Å². The molecule has 2 aromatic carbocycles. The van der Waals surface area contributed by atoms with E-state index >= 15 is 0 Å². The van der Waals surface area contributed by atoms with E-state index in [4.69, 9.17) is 10.4 Å². The molecule has 0 radical (unpaired) electrons. The van der Waals surface area contributed by atoms with Gasteiger partial charge in [0.25, 0.3) is 0 Å². The Bertz CT molecular complexity index is 831. The lowest BCUT2D eigenvalue weighted by atomic mass is 10.1. The van der Waals surface area contributed by atoms with Crippen molar-refractivity contribution in [3.8, 4) is 23.0 Å². The Hall–Kier alpha value is -2.90. The van der Waals surface area contributed by atoms with E-state index in [0.717, 1.165) is 22.5 Å². The molecule has 3 rings (SSSR count). The standard InChI is InChI=1S/C20H20N4/c1-16(13-21)23(2)14-18-15-24(19-11-7-4-8-12-19)22-20(18)17-9-5-3-6-10-17/h3-12,15-16H,14H2,1-2H3/t16-/m1/s1. The fourth-order valence-corrected chi connectivity index (χ4v) is 2.58. The van der Waals surface area contributed by atoms with Crippen LogP contribution in [0.2, 0.25) is 0 Å². The SMILES string of the molecule is C[C@H](C#N)N(C)Cc1cn(-c2ccccc2)nc1-c1ccccc1. The molecule has 1 aromatic heterocycles. The average molecular weight is 316 g/mol. The second kappa shape index (κ2) is 7.12. The molecule has 4 nitrogen and oxygen atoms in total. The van der Waals surface area contributed by atoms with Gasteiger partial charge in [0.2, 0.25) is 0 Å². The molecule has 0 spiro atoms. The van der Waals surface area contributed by atoms with Crippen molar-refractivity contribution < 1.29 is 0 Å². The van der Waals surface area contributed by atoms with Crippen LogP contribution in [0.4, 0.5) is 0 Å². The van der Waals surface area contributed by atoms with Crippen LogP contribution in [0.15, 0.2) is 66.9 Å². The summed E-state index contributed by atoms with van der Waals surface area (Å²) in [5, 5.41) is 13.9. The van der Waals surface area contributed by atoms with E-state index in [-0.39, 0.29) is 6.04 Å². The largest absolute Gasteiger partial charge is 0.287 e. The Labute approximate surface area is 142 Å². The number of hydrogen-bond donors (Lipinski definition) is 0. The third-order valence-corrected chi connectivity index (χ3v) is 4.13. The highest BCUT2D eigenvalue weighted by Crippen LogP contribution is 2.25. The maximum absolute atomic E-state index is 9.14. The maximum atomic E-state index is 9.14. The summed E-state index contributed by atoms with van der Waals surface area (Å²) in [6.45, 7) is 2.58. The van der Waals surface area contributed by atoms with E-state index in [9.17, 15) is 0 Å². The number of benzene rings is 2. The molecule has 3 aromatic rings. The maximum Gasteiger partial charge on any atom is 0.0972 e. The zero-order chi connectivity index (χ0) is 16.9. The number of hydrogen-bond acceptors (Lipinski definition) is 3. The second-order valence-electron chi connectivity index (χ2n) is 5.87. The van der Waals surface area contributed by atoms with E-state index in [2.05, 4.69) is 24.4 Å². The van der Waals surface area contributed by atoms with Crippen LogP contribution in [0.1, 0.15) is 12.5 Å². The summed E-state index contributed by atoms with van der Waals surface area (Å²) in [6.07, 6.45) is 2.05. The summed E-state index contributed by atoms with van der Waals surface area (Å²) in [6, 6.07) is 22.4. The third-order valence-electron chi connectivity index (χ3n) is 4.13. The highest BCUT2D eigenvalue weighted by Gasteiger charge is 2.16. The Morgan fingerprint density at radius 2 is 1.71 bits per heavy atom. The van der Waals surface area contributed by atoms with Gasteiger partial charge >= 0.3 is 0 Å². The molecule has 0 saturated carbocycles. The topological polar surface area (TPSA) is 44.9 Å². The first-order valence-corrected chi connectivity index (χ1v) is 7.98. The summed E-state index contributed by atoms with van der Waals surface area (Å²) < 4.78 is 1.91. The number of aromatic nitrogens is 2. The van der Waals surface area contributed by atoms with Gasteiger partial charge in [-0.05, 0) is 26.1 Å². The molecule has 0 aliphatic rings. The van der Waals surface area contributed by atoms with Crippen LogP contribution < -0.4 is 0 Å². The van der Waals surface area contributed by atoms with Crippen molar-refractivity contribution >= 4 is 0 Å². The van der Waals surface area contributed by atoms with Gasteiger partial charge in [-0.25, -0.2) is 4.68 Å². The first-order chi connectivity index (χ1) is 11.7. The summed E-state index contributed by atoms with van der Waals surface area (Å²) in [7, 11) is 1.96. The van der Waals surface area contributed by atoms with Gasteiger partial charge in [-0.1, -0.05) is 48.5 Å². The van der Waals surface area contributed by atoms with Crippen molar-refractivity contribution in [3.05, 3.63) is 72.4 Å². The molecule has 0 unspecified atom stereocenters. The number of nitriles is 1. The Morgan fingerprint density at radius 3 is 2.33 bits per heavy atom. The van der Waals surface area contributed by atoms with E-state index in [1.807, 2.05) is 72.1 Å². The van der Waals surface area contributed by atoms with Crippen LogP contribution in [0.25, 0.3) is 16.9 Å². The molecule has 120 valence electrons. The van der Waals surface area contributed by atoms with Gasteiger partial charge in [0.05, 0.1) is 23.5 Å². The van der Waals surface area contributed by atoms with Crippen molar-refractivity contribution in [2.75, 3.05) is 7.05 Å². The molecule has 4 heteroatoms. The van der Waals surface area contributed by atoms with Crippen molar-refractivity contribution in [1.29, 1.82) is 5.26 Å². The van der Waals surface area contributed by atoms with Crippen LogP contribution in [0, 0.1) is 11.3 Å². The minimum atomic E-state index is -0.145. The smallest absolute Gasteiger partial charge is 0.0972 e. The van der Waals surface area contributed by atoms with Gasteiger partial charge in [-0.2, -0.15) is 10.4 Å². The molecule has 24 heavy (non-hydrogen) atoms. The predicted octanol–water partition coefficient (Wildman–Crippen LogP) is 3.88. The molecule has 1 atom stereocenters. The summed E-state index contributed by atoms with van der Waals surface area (Å²) >= 11 is 0. The van der Waals surface area contributed by atoms with Gasteiger partial charge in [0.15, 0.2) is 0 Å². The Balaban J connectivity index is 2.02. The fourth-order valence-electron chi connectivity index (χ4n) is 2.58. The van der Waals surface area contributed by atoms with Gasteiger partial charge in [0, 0.05) is 23.9 Å². The predicted molar refractivity (Wildman–Crippen MR) is 95.5 cm³/mol. The molecular weight excluding hydrogens is 296 g/mol. The number of para-hydroxylation sites is 1. The fraction of sp³-hybridized carbons (Fsp3) is 0.200. The first kappa shape index (κ1) is 16.0. The molecule has 0 aliphatic heterocycles. The summed E-state index contributed by atoms with van der Waals surface area (Å²) in [4.78, 5) is 2.03. The lowest BCUT2D eigenvalue weighted by Crippen LogP contribution is -2.27. The van der Waals surface area contributed by atoms with Crippen LogP contribution >= 0.6 is 0 Å². The minimum Gasteiger partial charge on any atom is -0.287 e. The Kier molecular flexibility index (Phi) is 4.74. The molecule has 0 aliphatic carbocycles. The first-order valence-electron chi connectivity index (χ1n) is 7.98. The monoisotopic (exact) mass is 316 g/mol. The number of nitrogens with zero attached hydrogens (tertiary/aromatic N) is 4. The zero-order valence-corrected chi connectivity index (χ0v) is 13.9. The second-order valence-corrected chi connectivity index (χ2v) is 5.87. The normalized spacial score (nSPS) is 12.1. The average Bonchev–Trinajstić information content (AvgIpc) is 3.06. The van der Waals surface area contributed by atoms with E-state index < -0.39 is 0 Å². The van der Waals surface area contributed by atoms with E-state index in [1.165, 1.54) is 0 Å². The van der Waals surface area contributed by atoms with Crippen molar-refractivity contribution in [3.63, 3.8) is 0 Å². The molecule has 0 N–H and O–H groups in total. The van der Waals surface area contributed by atoms with Crippen LogP contribution in [-0.2, 0) is 6.54 Å². The van der Waals surface area contributed by atoms with Crippen LogP contribution in [0.3, 0.4) is 0 Å².